The molecular weight excluding hydrogens is 474 g/mol. The summed E-state index contributed by atoms with van der Waals surface area (Å²) in [5.41, 5.74) is 12.0. The van der Waals surface area contributed by atoms with Crippen molar-refractivity contribution in [1.29, 1.82) is 0 Å². The molecule has 3 amide bonds. The smallest absolute Gasteiger partial charge is 0.326 e. The molecule has 0 bridgehead atoms. The molecule has 36 heavy (non-hydrogen) atoms. The van der Waals surface area contributed by atoms with Crippen LogP contribution >= 0.6 is 0 Å². The number of aromatic nitrogens is 2. The number of amides is 3. The van der Waals surface area contributed by atoms with E-state index >= 15 is 0 Å². The molecule has 1 heterocycles. The van der Waals surface area contributed by atoms with Crippen molar-refractivity contribution in [2.45, 2.75) is 76.5 Å². The normalized spacial score (nSPS) is 14.4. The third-order valence-corrected chi connectivity index (χ3v) is 5.42. The third kappa shape index (κ3) is 10.8. The fraction of sp³-hybridized carbons (Fsp3) is 0.636. The zero-order chi connectivity index (χ0) is 27.3. The van der Waals surface area contributed by atoms with Crippen LogP contribution < -0.4 is 27.4 Å². The number of carboxylic acid groups (broad SMARTS) is 2. The van der Waals surface area contributed by atoms with E-state index in [0.29, 0.717) is 25.1 Å². The number of aliphatic carboxylic acids is 2. The summed E-state index contributed by atoms with van der Waals surface area (Å²) in [7, 11) is 0. The van der Waals surface area contributed by atoms with Gasteiger partial charge in [0, 0.05) is 24.7 Å². The lowest BCUT2D eigenvalue weighted by molar-refractivity contribution is -0.143. The van der Waals surface area contributed by atoms with Crippen LogP contribution in [0.4, 0.5) is 0 Å². The predicted molar refractivity (Wildman–Crippen MR) is 128 cm³/mol. The van der Waals surface area contributed by atoms with Gasteiger partial charge in [-0.25, -0.2) is 9.78 Å². The number of hydrogen-bond acceptors (Lipinski definition) is 8. The molecule has 0 spiro atoms. The zero-order valence-electron chi connectivity index (χ0n) is 20.5. The van der Waals surface area contributed by atoms with Crippen LogP contribution in [0, 0.1) is 5.92 Å². The monoisotopic (exact) mass is 511 g/mol. The summed E-state index contributed by atoms with van der Waals surface area (Å²) < 4.78 is 0. The van der Waals surface area contributed by atoms with Crippen molar-refractivity contribution < 1.29 is 34.2 Å². The minimum absolute atomic E-state index is 0.122. The van der Waals surface area contributed by atoms with Crippen LogP contribution in [0.3, 0.4) is 0 Å². The van der Waals surface area contributed by atoms with Crippen molar-refractivity contribution >= 4 is 29.7 Å². The molecule has 0 radical (unpaired) electrons. The molecular formula is C22H37N7O7. The van der Waals surface area contributed by atoms with Crippen LogP contribution in [0.15, 0.2) is 12.5 Å². The molecule has 0 fully saturated rings. The Labute approximate surface area is 209 Å². The number of H-pyrrole nitrogens is 1. The lowest BCUT2D eigenvalue weighted by Gasteiger charge is -2.27. The summed E-state index contributed by atoms with van der Waals surface area (Å²) >= 11 is 0. The van der Waals surface area contributed by atoms with Crippen molar-refractivity contribution in [2.75, 3.05) is 6.54 Å². The van der Waals surface area contributed by atoms with E-state index < -0.39 is 66.2 Å². The zero-order valence-corrected chi connectivity index (χ0v) is 20.5. The van der Waals surface area contributed by atoms with Crippen LogP contribution in [0.25, 0.3) is 0 Å². The summed E-state index contributed by atoms with van der Waals surface area (Å²) in [6, 6.07) is -4.61. The van der Waals surface area contributed by atoms with Crippen LogP contribution in [-0.4, -0.2) is 80.6 Å². The summed E-state index contributed by atoms with van der Waals surface area (Å²) in [5, 5.41) is 25.8. The van der Waals surface area contributed by atoms with Crippen LogP contribution in [0.1, 0.15) is 51.6 Å². The molecule has 1 aromatic rings. The molecule has 0 aliphatic rings. The second-order valence-corrected chi connectivity index (χ2v) is 8.80. The SMILES string of the molecule is CC(C)C(NC(=O)C(N)Cc1cnc[nH]1)C(=O)NC(CCC(=O)O)C(=O)NC(CCCCN)C(=O)O. The predicted octanol–water partition coefficient (Wildman–Crippen LogP) is -1.53. The number of nitrogens with two attached hydrogens (primary N) is 2. The van der Waals surface area contributed by atoms with Crippen LogP contribution in [0.2, 0.25) is 0 Å². The van der Waals surface area contributed by atoms with Crippen molar-refractivity contribution in [3.8, 4) is 0 Å². The van der Waals surface area contributed by atoms with Crippen LogP contribution in [-0.2, 0) is 30.4 Å². The van der Waals surface area contributed by atoms with Gasteiger partial charge >= 0.3 is 11.9 Å². The number of carbonyl (C=O) groups excluding carboxylic acids is 3. The van der Waals surface area contributed by atoms with Gasteiger partial charge < -0.3 is 42.6 Å². The molecule has 1 rings (SSSR count). The summed E-state index contributed by atoms with van der Waals surface area (Å²) in [6.45, 7) is 3.72. The average Bonchev–Trinajstić information content (AvgIpc) is 3.31. The maximum absolute atomic E-state index is 13.0. The van der Waals surface area contributed by atoms with Crippen molar-refractivity contribution in [1.82, 2.24) is 25.9 Å². The van der Waals surface area contributed by atoms with Gasteiger partial charge in [-0.3, -0.25) is 19.2 Å². The topological polar surface area (TPSA) is 243 Å². The maximum atomic E-state index is 13.0. The molecule has 14 nitrogen and oxygen atoms in total. The van der Waals surface area contributed by atoms with E-state index in [1.807, 2.05) is 0 Å². The van der Waals surface area contributed by atoms with E-state index in [0.717, 1.165) is 0 Å². The second-order valence-electron chi connectivity index (χ2n) is 8.80. The molecule has 1 aromatic heterocycles. The molecule has 0 aliphatic heterocycles. The van der Waals surface area contributed by atoms with Crippen molar-refractivity contribution in [3.05, 3.63) is 18.2 Å². The Morgan fingerprint density at radius 3 is 2.17 bits per heavy atom. The highest BCUT2D eigenvalue weighted by Crippen LogP contribution is 2.08. The molecule has 0 aliphatic carbocycles. The number of carboxylic acids is 2. The summed E-state index contributed by atoms with van der Waals surface area (Å²) in [6.07, 6.45) is 3.54. The minimum Gasteiger partial charge on any atom is -0.481 e. The number of aromatic amines is 1. The van der Waals surface area contributed by atoms with E-state index in [4.69, 9.17) is 16.6 Å². The highest BCUT2D eigenvalue weighted by molar-refractivity contribution is 5.94. The number of hydrogen-bond donors (Lipinski definition) is 8. The fourth-order valence-electron chi connectivity index (χ4n) is 3.34. The molecule has 14 heteroatoms. The lowest BCUT2D eigenvalue weighted by atomic mass is 10.0. The van der Waals surface area contributed by atoms with Crippen LogP contribution in [0.5, 0.6) is 0 Å². The minimum atomic E-state index is -1.33. The number of imidazole rings is 1. The van der Waals surface area contributed by atoms with Gasteiger partial charge in [0.1, 0.15) is 18.1 Å². The number of nitrogens with one attached hydrogen (secondary N) is 4. The average molecular weight is 512 g/mol. The summed E-state index contributed by atoms with van der Waals surface area (Å²) in [5.74, 6) is -5.03. The third-order valence-electron chi connectivity index (χ3n) is 5.42. The first-order valence-corrected chi connectivity index (χ1v) is 11.7. The Morgan fingerprint density at radius 2 is 1.64 bits per heavy atom. The van der Waals surface area contributed by atoms with Gasteiger partial charge in [0.05, 0.1) is 12.4 Å². The molecule has 0 saturated carbocycles. The van der Waals surface area contributed by atoms with Gasteiger partial charge in [-0.1, -0.05) is 13.8 Å². The van der Waals surface area contributed by atoms with Gasteiger partial charge in [0.2, 0.25) is 17.7 Å². The van der Waals surface area contributed by atoms with Gasteiger partial charge in [0.15, 0.2) is 0 Å². The Balaban J connectivity index is 2.91. The maximum Gasteiger partial charge on any atom is 0.326 e. The first-order chi connectivity index (χ1) is 17.0. The molecule has 0 aromatic carbocycles. The Hall–Kier alpha value is -3.52. The van der Waals surface area contributed by atoms with E-state index in [-0.39, 0.29) is 19.3 Å². The quantitative estimate of drug-likeness (QED) is 0.112. The molecule has 202 valence electrons. The highest BCUT2D eigenvalue weighted by atomic mass is 16.4. The molecule has 10 N–H and O–H groups in total. The Kier molecular flexibility index (Phi) is 13.1. The largest absolute Gasteiger partial charge is 0.481 e. The number of rotatable bonds is 17. The van der Waals surface area contributed by atoms with E-state index in [1.54, 1.807) is 13.8 Å². The number of unbranched alkanes of at least 4 members (excludes halogenated alkanes) is 1. The first-order valence-electron chi connectivity index (χ1n) is 11.7. The lowest BCUT2D eigenvalue weighted by Crippen LogP contribution is -2.58. The fourth-order valence-corrected chi connectivity index (χ4v) is 3.34. The second kappa shape index (κ2) is 15.5. The number of nitrogens with zero attached hydrogens (tertiary/aromatic N) is 1. The highest BCUT2D eigenvalue weighted by Gasteiger charge is 2.32. The van der Waals surface area contributed by atoms with E-state index in [9.17, 15) is 29.1 Å². The standard InChI is InChI=1S/C22H37N7O7/c1-12(2)18(29-19(32)14(24)9-13-10-25-11-26-13)21(34)27-15(6-7-17(30)31)20(33)28-16(22(35)36)5-3-4-8-23/h10-12,14-16,18H,3-9,23-24H2,1-2H3,(H,25,26)(H,27,34)(H,28,33)(H,29,32)(H,30,31)(H,35,36). The Bertz CT molecular complexity index is 876. The number of carbonyl (C=O) groups is 5. The van der Waals surface area contributed by atoms with E-state index in [2.05, 4.69) is 25.9 Å². The van der Waals surface area contributed by atoms with Crippen molar-refractivity contribution in [2.24, 2.45) is 17.4 Å². The summed E-state index contributed by atoms with van der Waals surface area (Å²) in [4.78, 5) is 67.7. The first kappa shape index (κ1) is 30.5. The Morgan fingerprint density at radius 1 is 0.972 bits per heavy atom. The van der Waals surface area contributed by atoms with Gasteiger partial charge in [-0.2, -0.15) is 0 Å². The van der Waals surface area contributed by atoms with Gasteiger partial charge in [0.25, 0.3) is 0 Å². The van der Waals surface area contributed by atoms with Gasteiger partial charge in [-0.15, -0.1) is 0 Å². The van der Waals surface area contributed by atoms with E-state index in [1.165, 1.54) is 12.5 Å². The molecule has 4 unspecified atom stereocenters. The molecule has 0 saturated heterocycles. The van der Waals surface area contributed by atoms with Crippen molar-refractivity contribution in [3.63, 3.8) is 0 Å². The molecule has 4 atom stereocenters. The van der Waals surface area contributed by atoms with Gasteiger partial charge in [-0.05, 0) is 38.1 Å².